The third-order valence-electron chi connectivity index (χ3n) is 9.71. The number of rotatable bonds is 2. The van der Waals surface area contributed by atoms with E-state index in [2.05, 4.69) is 38.9 Å². The number of ketones is 1. The topological polar surface area (TPSA) is 76.0 Å². The van der Waals surface area contributed by atoms with E-state index in [0.717, 1.165) is 37.8 Å². The molecule has 0 heterocycles. The van der Waals surface area contributed by atoms with Gasteiger partial charge in [-0.25, -0.2) is 0 Å². The van der Waals surface area contributed by atoms with Crippen LogP contribution in [-0.4, -0.2) is 28.3 Å². The first-order valence-corrected chi connectivity index (χ1v) is 11.6. The van der Waals surface area contributed by atoms with E-state index in [1.54, 1.807) is 6.92 Å². The lowest BCUT2D eigenvalue weighted by atomic mass is 9.44. The van der Waals surface area contributed by atoms with Crippen LogP contribution >= 0.6 is 0 Å². The lowest BCUT2D eigenvalue weighted by Crippen LogP contribution is -2.59. The molecular weight excluding hydrogens is 378 g/mol. The van der Waals surface area contributed by atoms with E-state index in [4.69, 9.17) is 4.74 Å². The fourth-order valence-corrected chi connectivity index (χ4v) is 8.68. The summed E-state index contributed by atoms with van der Waals surface area (Å²) in [6.45, 7) is 12.2. The molecular formula is C25H37NO4. The molecule has 5 nitrogen and oxygen atoms in total. The predicted octanol–water partition coefficient (Wildman–Crippen LogP) is 5.16. The minimum absolute atomic E-state index is 0.00474. The van der Waals surface area contributed by atoms with Crippen molar-refractivity contribution in [2.24, 2.45) is 45.6 Å². The second-order valence-corrected chi connectivity index (χ2v) is 11.2. The molecule has 4 aliphatic rings. The van der Waals surface area contributed by atoms with Crippen LogP contribution in [0.3, 0.4) is 0 Å². The fraction of sp³-hybridized carbons (Fsp3) is 0.800. The highest BCUT2D eigenvalue weighted by Gasteiger charge is 2.70. The largest absolute Gasteiger partial charge is 0.451 e. The molecule has 0 saturated heterocycles. The van der Waals surface area contributed by atoms with Crippen LogP contribution in [0.1, 0.15) is 80.1 Å². The normalized spacial score (nSPS) is 48.9. The number of oxime groups is 1. The molecule has 4 aliphatic carbocycles. The summed E-state index contributed by atoms with van der Waals surface area (Å²) in [6, 6.07) is 0. The van der Waals surface area contributed by atoms with E-state index >= 15 is 0 Å². The molecule has 3 fully saturated rings. The van der Waals surface area contributed by atoms with E-state index in [9.17, 15) is 14.8 Å². The molecule has 1 N–H and O–H groups in total. The molecule has 0 radical (unpaired) electrons. The summed E-state index contributed by atoms with van der Waals surface area (Å²) in [7, 11) is 0. The zero-order valence-corrected chi connectivity index (χ0v) is 19.3. The monoisotopic (exact) mass is 415 g/mol. The Morgan fingerprint density at radius 1 is 1.20 bits per heavy atom. The Bertz CT molecular complexity index is 831. The summed E-state index contributed by atoms with van der Waals surface area (Å²) in [5.41, 5.74) is 1.05. The lowest BCUT2D eigenvalue weighted by Gasteiger charge is -2.61. The standard InChI is InChI=1S/C25H37NO4/c1-14-11-19-20(23(5)9-7-18(26-29)12-21(14)23)8-10-24(6)22(19)15(2)13-25(24,16(3)27)30-17(4)28/h12,14-15,19-20,22,29H,7-11,13H2,1-6H3/b26-18-/t14-,15+,19+,20-,22-,23+,24-,25-/m0/s1. The first-order valence-electron chi connectivity index (χ1n) is 11.6. The molecule has 8 atom stereocenters. The van der Waals surface area contributed by atoms with Crippen molar-refractivity contribution in [3.63, 3.8) is 0 Å². The fourth-order valence-electron chi connectivity index (χ4n) is 8.68. The zero-order chi connectivity index (χ0) is 22.1. The van der Waals surface area contributed by atoms with Gasteiger partial charge in [-0.3, -0.25) is 9.59 Å². The zero-order valence-electron chi connectivity index (χ0n) is 19.3. The summed E-state index contributed by atoms with van der Waals surface area (Å²) in [5.74, 6) is 1.85. The molecule has 0 aromatic rings. The van der Waals surface area contributed by atoms with Crippen LogP contribution < -0.4 is 0 Å². The van der Waals surface area contributed by atoms with Crippen molar-refractivity contribution >= 4 is 17.5 Å². The van der Waals surface area contributed by atoms with E-state index in [1.807, 2.05) is 0 Å². The van der Waals surface area contributed by atoms with Crippen molar-refractivity contribution in [2.75, 3.05) is 0 Å². The van der Waals surface area contributed by atoms with Gasteiger partial charge in [0, 0.05) is 12.3 Å². The molecule has 0 spiro atoms. The van der Waals surface area contributed by atoms with Gasteiger partial charge in [-0.1, -0.05) is 38.4 Å². The summed E-state index contributed by atoms with van der Waals surface area (Å²) >= 11 is 0. The lowest BCUT2D eigenvalue weighted by molar-refractivity contribution is -0.187. The Morgan fingerprint density at radius 2 is 1.90 bits per heavy atom. The van der Waals surface area contributed by atoms with Gasteiger partial charge in [0.25, 0.3) is 0 Å². The van der Waals surface area contributed by atoms with Crippen molar-refractivity contribution in [3.8, 4) is 0 Å². The Labute approximate surface area is 180 Å². The molecule has 0 aromatic heterocycles. The van der Waals surface area contributed by atoms with Crippen LogP contribution in [0.5, 0.6) is 0 Å². The second-order valence-electron chi connectivity index (χ2n) is 11.2. The van der Waals surface area contributed by atoms with Crippen LogP contribution in [-0.2, 0) is 14.3 Å². The van der Waals surface area contributed by atoms with Crippen LogP contribution in [0.15, 0.2) is 16.8 Å². The van der Waals surface area contributed by atoms with E-state index in [0.29, 0.717) is 36.0 Å². The summed E-state index contributed by atoms with van der Waals surface area (Å²) in [6.07, 6.45) is 7.67. The minimum Gasteiger partial charge on any atom is -0.451 e. The van der Waals surface area contributed by atoms with Crippen molar-refractivity contribution in [1.82, 2.24) is 0 Å². The Kier molecular flexibility index (Phi) is 4.98. The van der Waals surface area contributed by atoms with Crippen molar-refractivity contribution in [1.29, 1.82) is 0 Å². The number of Topliss-reactive ketones (excluding diaryl/α,β-unsaturated/α-hetero) is 1. The number of allylic oxidation sites excluding steroid dienone is 2. The van der Waals surface area contributed by atoms with Crippen molar-refractivity contribution in [3.05, 3.63) is 11.6 Å². The number of carbonyl (C=O) groups is 2. The van der Waals surface area contributed by atoms with Gasteiger partial charge < -0.3 is 9.94 Å². The first kappa shape index (κ1) is 21.6. The summed E-state index contributed by atoms with van der Waals surface area (Å²) < 4.78 is 5.93. The predicted molar refractivity (Wildman–Crippen MR) is 115 cm³/mol. The van der Waals surface area contributed by atoms with E-state index < -0.39 is 5.60 Å². The van der Waals surface area contributed by atoms with Gasteiger partial charge in [0.05, 0.1) is 5.71 Å². The molecule has 0 amide bonds. The molecule has 0 bridgehead atoms. The average Bonchev–Trinajstić information content (AvgIpc) is 2.89. The van der Waals surface area contributed by atoms with Crippen molar-refractivity contribution < 1.29 is 19.5 Å². The quantitative estimate of drug-likeness (QED) is 0.384. The van der Waals surface area contributed by atoms with Crippen LogP contribution in [0, 0.1) is 40.4 Å². The van der Waals surface area contributed by atoms with Crippen molar-refractivity contribution in [2.45, 2.75) is 85.7 Å². The highest BCUT2D eigenvalue weighted by atomic mass is 16.6. The molecule has 3 saturated carbocycles. The number of ether oxygens (including phenoxy) is 1. The number of hydrogen-bond acceptors (Lipinski definition) is 5. The molecule has 5 heteroatoms. The Morgan fingerprint density at radius 3 is 2.50 bits per heavy atom. The molecule has 30 heavy (non-hydrogen) atoms. The van der Waals surface area contributed by atoms with E-state index in [1.165, 1.54) is 12.5 Å². The van der Waals surface area contributed by atoms with E-state index in [-0.39, 0.29) is 22.6 Å². The maximum Gasteiger partial charge on any atom is 0.303 e. The maximum atomic E-state index is 13.0. The summed E-state index contributed by atoms with van der Waals surface area (Å²) in [5, 5.41) is 12.8. The highest BCUT2D eigenvalue weighted by Crippen LogP contribution is 2.70. The molecule has 4 rings (SSSR count). The van der Waals surface area contributed by atoms with Gasteiger partial charge in [-0.05, 0) is 86.5 Å². The third kappa shape index (κ3) is 2.69. The highest BCUT2D eigenvalue weighted by molar-refractivity contribution is 5.96. The minimum atomic E-state index is -0.989. The van der Waals surface area contributed by atoms with Gasteiger partial charge in [0.15, 0.2) is 11.4 Å². The van der Waals surface area contributed by atoms with Crippen LogP contribution in [0.4, 0.5) is 0 Å². The molecule has 0 aliphatic heterocycles. The number of fused-ring (bicyclic) bond motifs is 5. The Hall–Kier alpha value is -1.65. The smallest absolute Gasteiger partial charge is 0.303 e. The van der Waals surface area contributed by atoms with Gasteiger partial charge in [-0.15, -0.1) is 0 Å². The number of nitrogens with zero attached hydrogens (tertiary/aromatic N) is 1. The Balaban J connectivity index is 1.77. The molecule has 0 aromatic carbocycles. The van der Waals surface area contributed by atoms with Gasteiger partial charge in [-0.2, -0.15) is 0 Å². The number of carbonyl (C=O) groups excluding carboxylic acids is 2. The van der Waals surface area contributed by atoms with Gasteiger partial charge >= 0.3 is 5.97 Å². The second kappa shape index (κ2) is 6.93. The number of hydrogen-bond donors (Lipinski definition) is 1. The molecule has 166 valence electrons. The van der Waals surface area contributed by atoms with Gasteiger partial charge in [0.1, 0.15) is 0 Å². The maximum absolute atomic E-state index is 13.0. The van der Waals surface area contributed by atoms with Crippen LogP contribution in [0.2, 0.25) is 0 Å². The number of esters is 1. The van der Waals surface area contributed by atoms with Gasteiger partial charge in [0.2, 0.25) is 0 Å². The SMILES string of the molecule is CC(=O)O[C@]1(C(C)=O)C[C@@H](C)[C@H]2[C@@H]3C[C@H](C)C4=C/C(=N\O)CC[C@]4(C)[C@H]3CC[C@@]21C. The van der Waals surface area contributed by atoms with Crippen LogP contribution in [0.25, 0.3) is 0 Å². The first-order chi connectivity index (χ1) is 14.0. The third-order valence-corrected chi connectivity index (χ3v) is 9.71. The summed E-state index contributed by atoms with van der Waals surface area (Å²) in [4.78, 5) is 25.0. The molecule has 0 unspecified atom stereocenters. The average molecular weight is 416 g/mol.